The van der Waals surface area contributed by atoms with Crippen LogP contribution in [0.4, 0.5) is 0 Å². The molecular weight excluding hydrogens is 186 g/mol. The van der Waals surface area contributed by atoms with Gasteiger partial charge in [-0.2, -0.15) is 0 Å². The molecule has 2 nitrogen and oxygen atoms in total. The molecule has 0 amide bonds. The maximum absolute atomic E-state index is 5.81. The molecule has 0 aromatic rings. The minimum atomic E-state index is 0.537. The van der Waals surface area contributed by atoms with E-state index in [0.29, 0.717) is 6.10 Å². The summed E-state index contributed by atoms with van der Waals surface area (Å²) in [7, 11) is 0. The average molecular weight is 211 g/mol. The molecule has 0 atom stereocenters. The van der Waals surface area contributed by atoms with Crippen LogP contribution in [0.2, 0.25) is 0 Å². The number of nitrogens with one attached hydrogen (secondary N) is 1. The predicted molar refractivity (Wildman–Crippen MR) is 65.1 cm³/mol. The fraction of sp³-hybridized carbons (Fsp3) is 0.846. The topological polar surface area (TPSA) is 21.3 Å². The first-order chi connectivity index (χ1) is 7.33. The molecule has 0 aromatic heterocycles. The molecule has 0 spiro atoms. The molecule has 88 valence electrons. The van der Waals surface area contributed by atoms with Crippen LogP contribution in [0.1, 0.15) is 45.4 Å². The van der Waals surface area contributed by atoms with Gasteiger partial charge in [0.2, 0.25) is 0 Å². The summed E-state index contributed by atoms with van der Waals surface area (Å²) in [5, 5.41) is 3.35. The summed E-state index contributed by atoms with van der Waals surface area (Å²) in [5.74, 6) is 0. The van der Waals surface area contributed by atoms with Gasteiger partial charge in [-0.15, -0.1) is 0 Å². The minimum Gasteiger partial charge on any atom is -0.377 e. The number of hydrogen-bond donors (Lipinski definition) is 1. The zero-order chi connectivity index (χ0) is 10.9. The Bertz CT molecular complexity index is 173. The van der Waals surface area contributed by atoms with Crippen LogP contribution in [-0.4, -0.2) is 25.8 Å². The molecule has 0 unspecified atom stereocenters. The smallest absolute Gasteiger partial charge is 0.0594 e. The van der Waals surface area contributed by atoms with E-state index in [1.54, 1.807) is 0 Å². The minimum absolute atomic E-state index is 0.537. The van der Waals surface area contributed by atoms with Crippen LogP contribution in [0.25, 0.3) is 0 Å². The summed E-state index contributed by atoms with van der Waals surface area (Å²) in [6, 6.07) is 0. The maximum atomic E-state index is 5.81. The van der Waals surface area contributed by atoms with Gasteiger partial charge < -0.3 is 10.1 Å². The summed E-state index contributed by atoms with van der Waals surface area (Å²) in [6.45, 7) is 8.84. The molecule has 0 radical (unpaired) electrons. The first-order valence-electron chi connectivity index (χ1n) is 6.32. The van der Waals surface area contributed by atoms with Crippen molar-refractivity contribution in [2.24, 2.45) is 0 Å². The van der Waals surface area contributed by atoms with Gasteiger partial charge in [0.15, 0.2) is 0 Å². The average Bonchev–Trinajstić information content (AvgIpc) is 2.29. The first-order valence-corrected chi connectivity index (χ1v) is 6.32. The van der Waals surface area contributed by atoms with E-state index in [0.717, 1.165) is 26.1 Å². The Morgan fingerprint density at radius 2 is 2.07 bits per heavy atom. The van der Waals surface area contributed by atoms with Crippen LogP contribution < -0.4 is 5.32 Å². The second-order valence-corrected chi connectivity index (χ2v) is 4.41. The van der Waals surface area contributed by atoms with Crippen LogP contribution in [0.15, 0.2) is 12.2 Å². The van der Waals surface area contributed by atoms with Crippen LogP contribution in [0.5, 0.6) is 0 Å². The van der Waals surface area contributed by atoms with Gasteiger partial charge in [0, 0.05) is 13.1 Å². The van der Waals surface area contributed by atoms with Gasteiger partial charge in [0.1, 0.15) is 0 Å². The molecular formula is C13H25NO. The maximum Gasteiger partial charge on any atom is 0.0594 e. The molecule has 0 heterocycles. The molecule has 1 aliphatic rings. The van der Waals surface area contributed by atoms with Gasteiger partial charge in [0.25, 0.3) is 0 Å². The lowest BCUT2D eigenvalue weighted by molar-refractivity contribution is 0.0306. The van der Waals surface area contributed by atoms with Gasteiger partial charge in [0.05, 0.1) is 12.7 Å². The second kappa shape index (κ2) is 7.89. The highest BCUT2D eigenvalue weighted by Crippen LogP contribution is 2.19. The zero-order valence-corrected chi connectivity index (χ0v) is 10.1. The van der Waals surface area contributed by atoms with E-state index in [9.17, 15) is 0 Å². The molecule has 0 bridgehead atoms. The lowest BCUT2D eigenvalue weighted by Gasteiger charge is -2.22. The standard InChI is InChI=1S/C13H25NO/c1-3-12(2)11-14-9-10-15-13-7-5-4-6-8-13/h13-14H,2-11H2,1H3. The normalized spacial score (nSPS) is 17.9. The van der Waals surface area contributed by atoms with Gasteiger partial charge in [-0.1, -0.05) is 38.3 Å². The lowest BCUT2D eigenvalue weighted by Crippen LogP contribution is -2.25. The van der Waals surface area contributed by atoms with Crippen LogP contribution in [0.3, 0.4) is 0 Å². The number of hydrogen-bond acceptors (Lipinski definition) is 2. The summed E-state index contributed by atoms with van der Waals surface area (Å²) in [6.07, 6.45) is 8.24. The van der Waals surface area contributed by atoms with E-state index in [1.165, 1.54) is 37.7 Å². The second-order valence-electron chi connectivity index (χ2n) is 4.41. The van der Waals surface area contributed by atoms with Crippen molar-refractivity contribution in [3.8, 4) is 0 Å². The Hall–Kier alpha value is -0.340. The zero-order valence-electron chi connectivity index (χ0n) is 10.1. The Morgan fingerprint density at radius 1 is 1.33 bits per heavy atom. The van der Waals surface area contributed by atoms with Crippen molar-refractivity contribution in [1.82, 2.24) is 5.32 Å². The van der Waals surface area contributed by atoms with Gasteiger partial charge in [-0.3, -0.25) is 0 Å². The van der Waals surface area contributed by atoms with Crippen molar-refractivity contribution in [3.05, 3.63) is 12.2 Å². The van der Waals surface area contributed by atoms with E-state index in [2.05, 4.69) is 18.8 Å². The van der Waals surface area contributed by atoms with Crippen molar-refractivity contribution >= 4 is 0 Å². The Kier molecular flexibility index (Phi) is 6.69. The van der Waals surface area contributed by atoms with Crippen LogP contribution >= 0.6 is 0 Å². The van der Waals surface area contributed by atoms with E-state index >= 15 is 0 Å². The monoisotopic (exact) mass is 211 g/mol. The highest BCUT2D eigenvalue weighted by molar-refractivity contribution is 4.94. The number of ether oxygens (including phenoxy) is 1. The molecule has 1 rings (SSSR count). The van der Waals surface area contributed by atoms with Gasteiger partial charge in [-0.05, 0) is 19.3 Å². The summed E-state index contributed by atoms with van der Waals surface area (Å²) >= 11 is 0. The highest BCUT2D eigenvalue weighted by Gasteiger charge is 2.12. The Labute approximate surface area is 94.1 Å². The molecule has 1 aliphatic carbocycles. The fourth-order valence-corrected chi connectivity index (χ4v) is 1.92. The molecule has 0 saturated heterocycles. The third-order valence-electron chi connectivity index (χ3n) is 3.06. The first kappa shape index (κ1) is 12.7. The summed E-state index contributed by atoms with van der Waals surface area (Å²) in [5.41, 5.74) is 1.27. The number of rotatable bonds is 7. The van der Waals surface area contributed by atoms with E-state index < -0.39 is 0 Å². The van der Waals surface area contributed by atoms with Crippen LogP contribution in [-0.2, 0) is 4.74 Å². The molecule has 0 aromatic carbocycles. The molecule has 1 fully saturated rings. The Balaban J connectivity index is 1.89. The predicted octanol–water partition coefficient (Wildman–Crippen LogP) is 2.89. The third kappa shape index (κ3) is 5.95. The lowest BCUT2D eigenvalue weighted by atomic mass is 9.98. The van der Waals surface area contributed by atoms with Crippen molar-refractivity contribution in [1.29, 1.82) is 0 Å². The molecule has 0 aliphatic heterocycles. The summed E-state index contributed by atoms with van der Waals surface area (Å²) < 4.78 is 5.81. The van der Waals surface area contributed by atoms with Crippen molar-refractivity contribution in [2.45, 2.75) is 51.6 Å². The molecule has 15 heavy (non-hydrogen) atoms. The van der Waals surface area contributed by atoms with Gasteiger partial charge >= 0.3 is 0 Å². The fourth-order valence-electron chi connectivity index (χ4n) is 1.92. The van der Waals surface area contributed by atoms with Crippen LogP contribution in [0, 0.1) is 0 Å². The molecule has 1 saturated carbocycles. The van der Waals surface area contributed by atoms with E-state index in [4.69, 9.17) is 4.74 Å². The Morgan fingerprint density at radius 3 is 2.73 bits per heavy atom. The molecule has 2 heteroatoms. The highest BCUT2D eigenvalue weighted by atomic mass is 16.5. The van der Waals surface area contributed by atoms with Crippen molar-refractivity contribution in [3.63, 3.8) is 0 Å². The summed E-state index contributed by atoms with van der Waals surface area (Å²) in [4.78, 5) is 0. The van der Waals surface area contributed by atoms with Gasteiger partial charge in [-0.25, -0.2) is 0 Å². The van der Waals surface area contributed by atoms with Crippen molar-refractivity contribution < 1.29 is 4.74 Å². The third-order valence-corrected chi connectivity index (χ3v) is 3.06. The van der Waals surface area contributed by atoms with E-state index in [-0.39, 0.29) is 0 Å². The quantitative estimate of drug-likeness (QED) is 0.516. The SMILES string of the molecule is C=C(CC)CNCCOC1CCCCC1. The van der Waals surface area contributed by atoms with E-state index in [1.807, 2.05) is 0 Å². The van der Waals surface area contributed by atoms with Crippen molar-refractivity contribution in [2.75, 3.05) is 19.7 Å². The molecule has 1 N–H and O–H groups in total. The largest absolute Gasteiger partial charge is 0.377 e.